The lowest BCUT2D eigenvalue weighted by Gasteiger charge is -2.40. The van der Waals surface area contributed by atoms with Gasteiger partial charge in [0.2, 0.25) is 0 Å². The molecule has 2 atom stereocenters. The Morgan fingerprint density at radius 2 is 1.79 bits per heavy atom. The van der Waals surface area contributed by atoms with Crippen LogP contribution in [0.4, 0.5) is 0 Å². The largest absolute Gasteiger partial charge is 0.303 e. The lowest BCUT2D eigenvalue weighted by Crippen LogP contribution is -2.44. The standard InChI is InChI=1S/C17H33NO/c1-14(2)10-18(11-15(3)4)12-17(13-19)8-6-7-16(5)9-17/h13-16H,6-12H2,1-5H3. The van der Waals surface area contributed by atoms with Crippen LogP contribution < -0.4 is 0 Å². The predicted molar refractivity (Wildman–Crippen MR) is 82.2 cm³/mol. The average molecular weight is 267 g/mol. The second-order valence-electron chi connectivity index (χ2n) is 7.66. The molecule has 1 rings (SSSR count). The van der Waals surface area contributed by atoms with Crippen LogP contribution in [0.2, 0.25) is 0 Å². The van der Waals surface area contributed by atoms with Gasteiger partial charge in [-0.15, -0.1) is 0 Å². The van der Waals surface area contributed by atoms with Gasteiger partial charge in [0.25, 0.3) is 0 Å². The van der Waals surface area contributed by atoms with Crippen LogP contribution in [0.3, 0.4) is 0 Å². The van der Waals surface area contributed by atoms with Gasteiger partial charge in [0.15, 0.2) is 0 Å². The van der Waals surface area contributed by atoms with Crippen LogP contribution in [-0.2, 0) is 4.79 Å². The molecule has 0 saturated heterocycles. The van der Waals surface area contributed by atoms with Gasteiger partial charge in [-0.1, -0.05) is 47.5 Å². The van der Waals surface area contributed by atoms with Crippen LogP contribution in [0.15, 0.2) is 0 Å². The fourth-order valence-corrected chi connectivity index (χ4v) is 3.67. The van der Waals surface area contributed by atoms with Gasteiger partial charge >= 0.3 is 0 Å². The summed E-state index contributed by atoms with van der Waals surface area (Å²) in [6, 6.07) is 0. The molecular formula is C17H33NO. The topological polar surface area (TPSA) is 20.3 Å². The molecule has 2 nitrogen and oxygen atoms in total. The zero-order valence-corrected chi connectivity index (χ0v) is 13.6. The summed E-state index contributed by atoms with van der Waals surface area (Å²) in [4.78, 5) is 14.2. The lowest BCUT2D eigenvalue weighted by molar-refractivity contribution is -0.120. The van der Waals surface area contributed by atoms with E-state index in [1.165, 1.54) is 19.1 Å². The highest BCUT2D eigenvalue weighted by Gasteiger charge is 2.36. The minimum absolute atomic E-state index is 0.0680. The zero-order chi connectivity index (χ0) is 14.5. The molecule has 0 aromatic carbocycles. The highest BCUT2D eigenvalue weighted by molar-refractivity contribution is 5.60. The van der Waals surface area contributed by atoms with Gasteiger partial charge in [-0.25, -0.2) is 0 Å². The Labute approximate surface area is 119 Å². The second kappa shape index (κ2) is 7.42. The fraction of sp³-hybridized carbons (Fsp3) is 0.941. The van der Waals surface area contributed by atoms with Crippen LogP contribution in [-0.4, -0.2) is 30.8 Å². The van der Waals surface area contributed by atoms with Crippen molar-refractivity contribution in [3.63, 3.8) is 0 Å². The molecule has 2 unspecified atom stereocenters. The Morgan fingerprint density at radius 1 is 1.21 bits per heavy atom. The molecule has 0 amide bonds. The summed E-state index contributed by atoms with van der Waals surface area (Å²) in [5.74, 6) is 2.05. The van der Waals surface area contributed by atoms with Crippen LogP contribution in [0.5, 0.6) is 0 Å². The predicted octanol–water partition coefficient (Wildman–Crippen LogP) is 4.00. The molecule has 0 bridgehead atoms. The van der Waals surface area contributed by atoms with E-state index < -0.39 is 0 Å². The number of aldehydes is 1. The fourth-order valence-electron chi connectivity index (χ4n) is 3.67. The maximum absolute atomic E-state index is 11.7. The van der Waals surface area contributed by atoms with Crippen molar-refractivity contribution in [1.29, 1.82) is 0 Å². The zero-order valence-electron chi connectivity index (χ0n) is 13.6. The molecule has 0 aromatic rings. The van der Waals surface area contributed by atoms with Gasteiger partial charge in [-0.05, 0) is 30.6 Å². The van der Waals surface area contributed by atoms with Crippen molar-refractivity contribution >= 4 is 6.29 Å². The summed E-state index contributed by atoms with van der Waals surface area (Å²) in [6.45, 7) is 14.6. The molecule has 112 valence electrons. The first kappa shape index (κ1) is 16.7. The smallest absolute Gasteiger partial charge is 0.127 e. The molecular weight excluding hydrogens is 234 g/mol. The highest BCUT2D eigenvalue weighted by Crippen LogP contribution is 2.38. The Morgan fingerprint density at radius 3 is 2.21 bits per heavy atom. The maximum atomic E-state index is 11.7. The summed E-state index contributed by atoms with van der Waals surface area (Å²) in [5.41, 5.74) is -0.0680. The van der Waals surface area contributed by atoms with E-state index in [9.17, 15) is 4.79 Å². The molecule has 0 spiro atoms. The van der Waals surface area contributed by atoms with Crippen LogP contribution in [0.1, 0.15) is 60.3 Å². The van der Waals surface area contributed by atoms with E-state index in [2.05, 4.69) is 39.5 Å². The SMILES string of the molecule is CC(C)CN(CC(C)C)CC1(C=O)CCCC(C)C1. The van der Waals surface area contributed by atoms with Crippen molar-refractivity contribution in [2.45, 2.75) is 60.3 Å². The third-order valence-electron chi connectivity index (χ3n) is 4.16. The minimum atomic E-state index is -0.0680. The summed E-state index contributed by atoms with van der Waals surface area (Å²) in [6.07, 6.45) is 5.97. The highest BCUT2D eigenvalue weighted by atomic mass is 16.1. The van der Waals surface area contributed by atoms with Crippen LogP contribution in [0.25, 0.3) is 0 Å². The van der Waals surface area contributed by atoms with E-state index in [4.69, 9.17) is 0 Å². The van der Waals surface area contributed by atoms with Gasteiger partial charge in [0, 0.05) is 25.0 Å². The third-order valence-corrected chi connectivity index (χ3v) is 4.16. The Hall–Kier alpha value is -0.370. The first-order chi connectivity index (χ1) is 8.87. The van der Waals surface area contributed by atoms with E-state index in [0.29, 0.717) is 17.8 Å². The van der Waals surface area contributed by atoms with E-state index in [1.54, 1.807) is 0 Å². The van der Waals surface area contributed by atoms with E-state index in [-0.39, 0.29) is 5.41 Å². The minimum Gasteiger partial charge on any atom is -0.303 e. The summed E-state index contributed by atoms with van der Waals surface area (Å²) >= 11 is 0. The first-order valence-electron chi connectivity index (χ1n) is 8.05. The monoisotopic (exact) mass is 267 g/mol. The maximum Gasteiger partial charge on any atom is 0.127 e. The van der Waals surface area contributed by atoms with Gasteiger partial charge in [0.05, 0.1) is 0 Å². The number of rotatable bonds is 7. The van der Waals surface area contributed by atoms with Crippen molar-refractivity contribution < 1.29 is 4.79 Å². The number of hydrogen-bond donors (Lipinski definition) is 0. The summed E-state index contributed by atoms with van der Waals surface area (Å²) < 4.78 is 0. The van der Waals surface area contributed by atoms with Crippen molar-refractivity contribution in [1.82, 2.24) is 4.90 Å². The Bertz CT molecular complexity index is 264. The number of nitrogens with zero attached hydrogens (tertiary/aromatic N) is 1. The van der Waals surface area contributed by atoms with Crippen molar-refractivity contribution in [2.24, 2.45) is 23.2 Å². The molecule has 1 fully saturated rings. The van der Waals surface area contributed by atoms with Gasteiger partial charge in [-0.3, -0.25) is 0 Å². The van der Waals surface area contributed by atoms with Crippen molar-refractivity contribution in [3.8, 4) is 0 Å². The first-order valence-corrected chi connectivity index (χ1v) is 8.05. The van der Waals surface area contributed by atoms with E-state index in [1.807, 2.05) is 0 Å². The average Bonchev–Trinajstić information content (AvgIpc) is 2.27. The molecule has 1 aliphatic rings. The molecule has 0 heterocycles. The summed E-state index contributed by atoms with van der Waals surface area (Å²) in [5, 5.41) is 0. The van der Waals surface area contributed by atoms with Gasteiger partial charge < -0.3 is 9.69 Å². The molecule has 0 aromatic heterocycles. The van der Waals surface area contributed by atoms with Crippen LogP contribution >= 0.6 is 0 Å². The number of hydrogen-bond acceptors (Lipinski definition) is 2. The Balaban J connectivity index is 2.70. The number of carbonyl (C=O) groups excluding carboxylic acids is 1. The molecule has 0 N–H and O–H groups in total. The van der Waals surface area contributed by atoms with E-state index >= 15 is 0 Å². The summed E-state index contributed by atoms with van der Waals surface area (Å²) in [7, 11) is 0. The quantitative estimate of drug-likeness (QED) is 0.650. The normalized spacial score (nSPS) is 28.3. The molecule has 0 aliphatic heterocycles. The number of carbonyl (C=O) groups is 1. The van der Waals surface area contributed by atoms with Crippen molar-refractivity contribution in [3.05, 3.63) is 0 Å². The van der Waals surface area contributed by atoms with Crippen molar-refractivity contribution in [2.75, 3.05) is 19.6 Å². The lowest BCUT2D eigenvalue weighted by atomic mass is 9.70. The molecule has 0 radical (unpaired) electrons. The second-order valence-corrected chi connectivity index (χ2v) is 7.66. The van der Waals surface area contributed by atoms with Gasteiger partial charge in [-0.2, -0.15) is 0 Å². The molecule has 1 saturated carbocycles. The molecule has 1 aliphatic carbocycles. The van der Waals surface area contributed by atoms with Crippen LogP contribution in [0, 0.1) is 23.2 Å². The Kier molecular flexibility index (Phi) is 6.52. The molecule has 2 heteroatoms. The molecule has 19 heavy (non-hydrogen) atoms. The van der Waals surface area contributed by atoms with E-state index in [0.717, 1.165) is 32.5 Å². The van der Waals surface area contributed by atoms with Gasteiger partial charge in [0.1, 0.15) is 6.29 Å². The third kappa shape index (κ3) is 5.64.